The number of piperidine rings is 1. The van der Waals surface area contributed by atoms with Crippen LogP contribution in [0, 0.1) is 0 Å². The molecule has 1 saturated heterocycles. The van der Waals surface area contributed by atoms with Crippen LogP contribution in [0.5, 0.6) is 0 Å². The summed E-state index contributed by atoms with van der Waals surface area (Å²) in [6.45, 7) is 0.780. The smallest absolute Gasteiger partial charge is 0.243 e. The number of hydrogen-bond acceptors (Lipinski definition) is 5. The van der Waals surface area contributed by atoms with Crippen molar-refractivity contribution in [2.24, 2.45) is 0 Å². The minimum Gasteiger partial charge on any atom is -0.339 e. The van der Waals surface area contributed by atoms with Crippen LogP contribution in [0.2, 0.25) is 5.02 Å². The summed E-state index contributed by atoms with van der Waals surface area (Å²) in [6.07, 6.45) is 1.53. The summed E-state index contributed by atoms with van der Waals surface area (Å²) in [7, 11) is -3.59. The first-order valence-electron chi connectivity index (χ1n) is 8.79. The van der Waals surface area contributed by atoms with Crippen molar-refractivity contribution in [3.8, 4) is 11.4 Å². The van der Waals surface area contributed by atoms with Gasteiger partial charge in [-0.3, -0.25) is 0 Å². The molecule has 1 aliphatic heterocycles. The van der Waals surface area contributed by atoms with Gasteiger partial charge in [0.2, 0.25) is 21.7 Å². The Kier molecular flexibility index (Phi) is 5.55. The molecule has 0 saturated carbocycles. The number of nitrogens with zero attached hydrogens (tertiary/aromatic N) is 3. The zero-order valence-corrected chi connectivity index (χ0v) is 17.9. The van der Waals surface area contributed by atoms with Gasteiger partial charge in [-0.1, -0.05) is 32.7 Å². The van der Waals surface area contributed by atoms with E-state index in [1.54, 1.807) is 12.1 Å². The molecule has 0 amide bonds. The van der Waals surface area contributed by atoms with Crippen molar-refractivity contribution in [1.82, 2.24) is 14.4 Å². The summed E-state index contributed by atoms with van der Waals surface area (Å²) < 4.78 is 33.8. The van der Waals surface area contributed by atoms with Crippen LogP contribution in [0.3, 0.4) is 0 Å². The van der Waals surface area contributed by atoms with E-state index in [9.17, 15) is 8.42 Å². The second-order valence-electron chi connectivity index (χ2n) is 6.62. The Bertz CT molecular complexity index is 1070. The highest BCUT2D eigenvalue weighted by Crippen LogP contribution is 2.31. The largest absolute Gasteiger partial charge is 0.339 e. The van der Waals surface area contributed by atoms with Gasteiger partial charge in [0.1, 0.15) is 0 Å². The van der Waals surface area contributed by atoms with Gasteiger partial charge in [0.25, 0.3) is 0 Å². The molecule has 0 aliphatic carbocycles. The SMILES string of the molecule is O=S(=O)(c1ccc(Cl)cc1)N1CCC[C@@H](c2nc(-c3ccc(Br)cc3)no2)C1. The molecule has 1 aromatic heterocycles. The highest BCUT2D eigenvalue weighted by molar-refractivity contribution is 9.10. The molecule has 0 N–H and O–H groups in total. The molecule has 146 valence electrons. The molecule has 0 unspecified atom stereocenters. The van der Waals surface area contributed by atoms with Crippen LogP contribution in [-0.4, -0.2) is 36.0 Å². The molecule has 0 spiro atoms. The topological polar surface area (TPSA) is 76.3 Å². The maximum Gasteiger partial charge on any atom is 0.243 e. The van der Waals surface area contributed by atoms with E-state index in [0.717, 1.165) is 22.9 Å². The van der Waals surface area contributed by atoms with Crippen molar-refractivity contribution in [2.75, 3.05) is 13.1 Å². The quantitative estimate of drug-likeness (QED) is 0.538. The Hall–Kier alpha value is -1.74. The lowest BCUT2D eigenvalue weighted by atomic mass is 10.00. The lowest BCUT2D eigenvalue weighted by molar-refractivity contribution is 0.265. The fourth-order valence-electron chi connectivity index (χ4n) is 3.24. The molecular formula is C19H17BrClN3O3S. The monoisotopic (exact) mass is 481 g/mol. The van der Waals surface area contributed by atoms with Crippen molar-refractivity contribution < 1.29 is 12.9 Å². The highest BCUT2D eigenvalue weighted by Gasteiger charge is 2.33. The number of rotatable bonds is 4. The Morgan fingerprint density at radius 3 is 2.54 bits per heavy atom. The van der Waals surface area contributed by atoms with E-state index in [2.05, 4.69) is 26.1 Å². The third kappa shape index (κ3) is 4.00. The number of benzene rings is 2. The summed E-state index contributed by atoms with van der Waals surface area (Å²) in [6, 6.07) is 13.8. The lowest BCUT2D eigenvalue weighted by Gasteiger charge is -2.30. The van der Waals surface area contributed by atoms with Crippen molar-refractivity contribution in [3.05, 3.63) is 63.9 Å². The first-order valence-corrected chi connectivity index (χ1v) is 11.4. The molecule has 0 radical (unpaired) electrons. The minimum absolute atomic E-state index is 0.132. The van der Waals surface area contributed by atoms with E-state index in [4.69, 9.17) is 16.1 Å². The van der Waals surface area contributed by atoms with Gasteiger partial charge in [-0.05, 0) is 61.4 Å². The molecule has 28 heavy (non-hydrogen) atoms. The van der Waals surface area contributed by atoms with Crippen LogP contribution < -0.4 is 0 Å². The first kappa shape index (κ1) is 19.6. The number of sulfonamides is 1. The average molecular weight is 483 g/mol. The van der Waals surface area contributed by atoms with E-state index >= 15 is 0 Å². The number of halogens is 2. The third-order valence-electron chi connectivity index (χ3n) is 4.73. The van der Waals surface area contributed by atoms with Gasteiger partial charge in [-0.15, -0.1) is 0 Å². The molecule has 9 heteroatoms. The molecular weight excluding hydrogens is 466 g/mol. The van der Waals surface area contributed by atoms with Crippen molar-refractivity contribution >= 4 is 37.6 Å². The van der Waals surface area contributed by atoms with Crippen LogP contribution in [-0.2, 0) is 10.0 Å². The maximum absolute atomic E-state index is 12.9. The van der Waals surface area contributed by atoms with Crippen LogP contribution in [0.15, 0.2) is 62.4 Å². The van der Waals surface area contributed by atoms with Gasteiger partial charge >= 0.3 is 0 Å². The first-order chi connectivity index (χ1) is 13.4. The Balaban J connectivity index is 1.54. The number of hydrogen-bond donors (Lipinski definition) is 0. The zero-order valence-electron chi connectivity index (χ0n) is 14.8. The standard InChI is InChI=1S/C19H17BrClN3O3S/c20-15-5-3-13(4-6-15)18-22-19(27-23-18)14-2-1-11-24(12-14)28(25,26)17-9-7-16(21)8-10-17/h3-10,14H,1-2,11-12H2/t14-/m1/s1. The van der Waals surface area contributed by atoms with Crippen LogP contribution >= 0.6 is 27.5 Å². The lowest BCUT2D eigenvalue weighted by Crippen LogP contribution is -2.39. The van der Waals surface area contributed by atoms with Gasteiger partial charge in [0.15, 0.2) is 0 Å². The van der Waals surface area contributed by atoms with Crippen LogP contribution in [0.1, 0.15) is 24.7 Å². The maximum atomic E-state index is 12.9. The van der Waals surface area contributed by atoms with E-state index < -0.39 is 10.0 Å². The molecule has 1 aliphatic rings. The minimum atomic E-state index is -3.59. The van der Waals surface area contributed by atoms with E-state index in [1.165, 1.54) is 16.4 Å². The molecule has 4 rings (SSSR count). The molecule has 3 aromatic rings. The normalized spacial score (nSPS) is 18.3. The molecule has 2 heterocycles. The van der Waals surface area contributed by atoms with Gasteiger partial charge in [0.05, 0.1) is 10.8 Å². The van der Waals surface area contributed by atoms with Gasteiger partial charge in [0, 0.05) is 28.1 Å². The van der Waals surface area contributed by atoms with Crippen LogP contribution in [0.4, 0.5) is 0 Å². The second-order valence-corrected chi connectivity index (χ2v) is 9.91. The van der Waals surface area contributed by atoms with Crippen molar-refractivity contribution in [2.45, 2.75) is 23.7 Å². The fourth-order valence-corrected chi connectivity index (χ4v) is 5.15. The molecule has 1 fully saturated rings. The summed E-state index contributed by atoms with van der Waals surface area (Å²) >= 11 is 9.27. The summed E-state index contributed by atoms with van der Waals surface area (Å²) in [5, 5.41) is 4.56. The Morgan fingerprint density at radius 1 is 1.11 bits per heavy atom. The zero-order chi connectivity index (χ0) is 19.7. The third-order valence-corrected chi connectivity index (χ3v) is 7.39. The summed E-state index contributed by atoms with van der Waals surface area (Å²) in [4.78, 5) is 4.74. The van der Waals surface area contributed by atoms with Gasteiger partial charge < -0.3 is 4.52 Å². The average Bonchev–Trinajstić information content (AvgIpc) is 3.19. The van der Waals surface area contributed by atoms with E-state index in [-0.39, 0.29) is 10.8 Å². The molecule has 1 atom stereocenters. The summed E-state index contributed by atoms with van der Waals surface area (Å²) in [5.41, 5.74) is 0.847. The highest BCUT2D eigenvalue weighted by atomic mass is 79.9. The van der Waals surface area contributed by atoms with Gasteiger partial charge in [-0.25, -0.2) is 8.42 Å². The fraction of sp³-hybridized carbons (Fsp3) is 0.263. The molecule has 0 bridgehead atoms. The predicted molar refractivity (Wildman–Crippen MR) is 110 cm³/mol. The molecule has 6 nitrogen and oxygen atoms in total. The summed E-state index contributed by atoms with van der Waals surface area (Å²) in [5.74, 6) is 0.835. The van der Waals surface area contributed by atoms with Gasteiger partial charge in [-0.2, -0.15) is 9.29 Å². The van der Waals surface area contributed by atoms with E-state index in [0.29, 0.717) is 29.8 Å². The van der Waals surface area contributed by atoms with Crippen LogP contribution in [0.25, 0.3) is 11.4 Å². The Morgan fingerprint density at radius 2 is 1.82 bits per heavy atom. The van der Waals surface area contributed by atoms with Crippen molar-refractivity contribution in [1.29, 1.82) is 0 Å². The molecule has 2 aromatic carbocycles. The van der Waals surface area contributed by atoms with Crippen molar-refractivity contribution in [3.63, 3.8) is 0 Å². The number of aromatic nitrogens is 2. The Labute approximate surface area is 176 Å². The predicted octanol–water partition coefficient (Wildman–Crippen LogP) is 4.72. The van der Waals surface area contributed by atoms with E-state index in [1.807, 2.05) is 24.3 Å². The second kappa shape index (κ2) is 7.94.